The minimum atomic E-state index is 0.156. The minimum absolute atomic E-state index is 0.156. The Kier molecular flexibility index (Phi) is 6.41. The Labute approximate surface area is 195 Å². The summed E-state index contributed by atoms with van der Waals surface area (Å²) in [5.74, 6) is 1.27. The molecule has 0 radical (unpaired) electrons. The van der Waals surface area contributed by atoms with Gasteiger partial charge in [0.25, 0.3) is 0 Å². The van der Waals surface area contributed by atoms with Crippen LogP contribution < -0.4 is 0 Å². The second kappa shape index (κ2) is 9.41. The van der Waals surface area contributed by atoms with Crippen molar-refractivity contribution in [1.82, 2.24) is 0 Å². The van der Waals surface area contributed by atoms with Gasteiger partial charge in [0.15, 0.2) is 0 Å². The maximum Gasteiger partial charge on any atom is 0.115 e. The Morgan fingerprint density at radius 1 is 0.364 bits per heavy atom. The van der Waals surface area contributed by atoms with Crippen LogP contribution in [0.3, 0.4) is 0 Å². The van der Waals surface area contributed by atoms with E-state index < -0.39 is 0 Å². The summed E-state index contributed by atoms with van der Waals surface area (Å²) in [5.41, 5.74) is 7.07. The normalized spacial score (nSPS) is 13.9. The number of hydrogen-bond acceptors (Lipinski definition) is 3. The largest absolute Gasteiger partial charge is 0.508 e. The Balaban J connectivity index is 1.78. The van der Waals surface area contributed by atoms with Crippen LogP contribution in [0.1, 0.15) is 71.9 Å². The van der Waals surface area contributed by atoms with Gasteiger partial charge in [0.1, 0.15) is 17.2 Å². The van der Waals surface area contributed by atoms with Crippen molar-refractivity contribution in [3.63, 3.8) is 0 Å². The Morgan fingerprint density at radius 2 is 0.576 bits per heavy atom. The van der Waals surface area contributed by atoms with E-state index in [1.807, 2.05) is 36.4 Å². The topological polar surface area (TPSA) is 60.7 Å². The smallest absolute Gasteiger partial charge is 0.115 e. The molecule has 4 aromatic rings. The molecule has 0 amide bonds. The summed E-state index contributed by atoms with van der Waals surface area (Å²) in [6, 6.07) is 29.0. The van der Waals surface area contributed by atoms with Crippen LogP contribution in [0.25, 0.3) is 0 Å². The van der Waals surface area contributed by atoms with Crippen LogP contribution in [0.4, 0.5) is 0 Å². The van der Waals surface area contributed by atoms with Gasteiger partial charge in [-0.1, -0.05) is 75.4 Å². The van der Waals surface area contributed by atoms with Crippen molar-refractivity contribution >= 4 is 0 Å². The van der Waals surface area contributed by atoms with Crippen molar-refractivity contribution in [2.75, 3.05) is 0 Å². The fourth-order valence-corrected chi connectivity index (χ4v) is 4.32. The highest BCUT2D eigenvalue weighted by molar-refractivity contribution is 5.46. The number of phenolic OH excluding ortho intramolecular Hbond substituents is 3. The first-order valence-electron chi connectivity index (χ1n) is 11.3. The Morgan fingerprint density at radius 3 is 0.788 bits per heavy atom. The quantitative estimate of drug-likeness (QED) is 0.297. The second-order valence-electron chi connectivity index (χ2n) is 8.87. The predicted molar refractivity (Wildman–Crippen MR) is 133 cm³/mol. The lowest BCUT2D eigenvalue weighted by atomic mass is 9.82. The molecule has 4 aromatic carbocycles. The number of rotatable bonds is 6. The van der Waals surface area contributed by atoms with E-state index in [4.69, 9.17) is 0 Å². The fourth-order valence-electron chi connectivity index (χ4n) is 4.32. The molecule has 0 fully saturated rings. The van der Waals surface area contributed by atoms with Crippen LogP contribution in [-0.4, -0.2) is 15.3 Å². The molecule has 0 heterocycles. The number of aromatic hydroxyl groups is 3. The summed E-state index contributed by atoms with van der Waals surface area (Å²) in [5, 5.41) is 29.1. The summed E-state index contributed by atoms with van der Waals surface area (Å²) < 4.78 is 0. The first-order chi connectivity index (χ1) is 15.8. The zero-order chi connectivity index (χ0) is 23.5. The van der Waals surface area contributed by atoms with E-state index in [1.165, 1.54) is 16.7 Å². The summed E-state index contributed by atoms with van der Waals surface area (Å²) >= 11 is 0. The minimum Gasteiger partial charge on any atom is -0.508 e. The monoisotopic (exact) mass is 438 g/mol. The molecule has 3 unspecified atom stereocenters. The van der Waals surface area contributed by atoms with Gasteiger partial charge in [-0.2, -0.15) is 0 Å². The van der Waals surface area contributed by atoms with Gasteiger partial charge in [-0.25, -0.2) is 0 Å². The summed E-state index contributed by atoms with van der Waals surface area (Å²) in [7, 11) is 0. The lowest BCUT2D eigenvalue weighted by molar-refractivity contribution is 0.474. The average Bonchev–Trinajstić information content (AvgIpc) is 2.84. The van der Waals surface area contributed by atoms with Crippen molar-refractivity contribution in [3.8, 4) is 17.2 Å². The van der Waals surface area contributed by atoms with E-state index in [0.29, 0.717) is 0 Å². The summed E-state index contributed by atoms with van der Waals surface area (Å²) in [6.45, 7) is 6.56. The average molecular weight is 439 g/mol. The highest BCUT2D eigenvalue weighted by atomic mass is 16.3. The highest BCUT2D eigenvalue weighted by Crippen LogP contribution is 2.35. The van der Waals surface area contributed by atoms with Gasteiger partial charge in [-0.15, -0.1) is 0 Å². The lowest BCUT2D eigenvalue weighted by Crippen LogP contribution is -2.05. The van der Waals surface area contributed by atoms with E-state index >= 15 is 0 Å². The molecule has 0 aromatic heterocycles. The summed E-state index contributed by atoms with van der Waals surface area (Å²) in [6.07, 6.45) is 0. The van der Waals surface area contributed by atoms with E-state index in [-0.39, 0.29) is 35.0 Å². The van der Waals surface area contributed by atoms with Crippen molar-refractivity contribution in [1.29, 1.82) is 0 Å². The molecule has 0 saturated heterocycles. The molecule has 0 aliphatic carbocycles. The third-order valence-corrected chi connectivity index (χ3v) is 6.68. The zero-order valence-electron chi connectivity index (χ0n) is 19.2. The number of hydrogen-bond donors (Lipinski definition) is 3. The van der Waals surface area contributed by atoms with Gasteiger partial charge in [0.2, 0.25) is 0 Å². The van der Waals surface area contributed by atoms with Gasteiger partial charge in [-0.05, 0) is 69.8 Å². The molecule has 3 N–H and O–H groups in total. The van der Waals surface area contributed by atoms with Crippen LogP contribution in [0.2, 0.25) is 0 Å². The van der Waals surface area contributed by atoms with Crippen molar-refractivity contribution in [2.24, 2.45) is 0 Å². The lowest BCUT2D eigenvalue weighted by Gasteiger charge is -2.22. The molecule has 0 spiro atoms. The fraction of sp³-hybridized carbons (Fsp3) is 0.200. The SMILES string of the molecule is CC(c1ccc(O)cc1)c1cc(C(C)c2ccc(O)cc2)cc(C(C)c2ccc(O)cc2)c1. The molecule has 33 heavy (non-hydrogen) atoms. The molecule has 4 rings (SSSR count). The summed E-state index contributed by atoms with van der Waals surface area (Å²) in [4.78, 5) is 0. The molecule has 0 saturated carbocycles. The molecule has 0 bridgehead atoms. The highest BCUT2D eigenvalue weighted by Gasteiger charge is 2.18. The number of benzene rings is 4. The molecule has 3 heteroatoms. The van der Waals surface area contributed by atoms with Gasteiger partial charge in [0.05, 0.1) is 0 Å². The van der Waals surface area contributed by atoms with E-state index in [2.05, 4.69) is 39.0 Å². The van der Waals surface area contributed by atoms with Crippen LogP contribution in [-0.2, 0) is 0 Å². The Bertz CT molecular complexity index is 1040. The van der Waals surface area contributed by atoms with Crippen molar-refractivity contribution in [2.45, 2.75) is 38.5 Å². The maximum absolute atomic E-state index is 9.70. The molecular weight excluding hydrogens is 408 g/mol. The molecule has 3 atom stereocenters. The van der Waals surface area contributed by atoms with Gasteiger partial charge in [0, 0.05) is 17.8 Å². The van der Waals surface area contributed by atoms with Crippen LogP contribution in [0.5, 0.6) is 17.2 Å². The molecule has 168 valence electrons. The van der Waals surface area contributed by atoms with Crippen LogP contribution >= 0.6 is 0 Å². The molecular formula is C30H30O3. The second-order valence-corrected chi connectivity index (χ2v) is 8.87. The van der Waals surface area contributed by atoms with Gasteiger partial charge >= 0.3 is 0 Å². The van der Waals surface area contributed by atoms with E-state index in [0.717, 1.165) is 16.7 Å². The van der Waals surface area contributed by atoms with Crippen molar-refractivity contribution < 1.29 is 15.3 Å². The first-order valence-corrected chi connectivity index (χ1v) is 11.3. The molecule has 0 aliphatic rings. The van der Waals surface area contributed by atoms with Crippen molar-refractivity contribution in [3.05, 3.63) is 124 Å². The van der Waals surface area contributed by atoms with Gasteiger partial charge < -0.3 is 15.3 Å². The van der Waals surface area contributed by atoms with Gasteiger partial charge in [-0.3, -0.25) is 0 Å². The van der Waals surface area contributed by atoms with E-state index in [9.17, 15) is 15.3 Å². The van der Waals surface area contributed by atoms with E-state index in [1.54, 1.807) is 36.4 Å². The Hall–Kier alpha value is -3.72. The molecule has 3 nitrogen and oxygen atoms in total. The van der Waals surface area contributed by atoms with Crippen LogP contribution in [0.15, 0.2) is 91.0 Å². The third kappa shape index (κ3) is 5.04. The predicted octanol–water partition coefficient (Wildman–Crippen LogP) is 7.26. The van der Waals surface area contributed by atoms with Crippen LogP contribution in [0, 0.1) is 0 Å². The third-order valence-electron chi connectivity index (χ3n) is 6.68. The first kappa shape index (κ1) is 22.5. The standard InChI is InChI=1S/C30H30O3/c1-19(22-4-10-28(31)11-5-22)25-16-26(20(2)23-6-12-29(32)13-7-23)18-27(17-25)21(3)24-8-14-30(33)15-9-24/h4-21,31-33H,1-3H3. The number of phenols is 3. The molecule has 0 aliphatic heterocycles. The zero-order valence-corrected chi connectivity index (χ0v) is 19.2. The maximum atomic E-state index is 9.70.